The lowest BCUT2D eigenvalue weighted by Gasteiger charge is -2.14. The summed E-state index contributed by atoms with van der Waals surface area (Å²) < 4.78 is 0. The number of hydrogen-bond donors (Lipinski definition) is 6. The first-order valence-electron chi connectivity index (χ1n) is 21.0. The van der Waals surface area contributed by atoms with Crippen molar-refractivity contribution in [3.8, 4) is 22.5 Å². The Hall–Kier alpha value is -8.90. The van der Waals surface area contributed by atoms with Gasteiger partial charge in [0.2, 0.25) is 0 Å². The smallest absolute Gasteiger partial charge is 0.120 e. The number of fused-ring (bicyclic) bond motifs is 18. The van der Waals surface area contributed by atoms with Crippen LogP contribution in [0.3, 0.4) is 0 Å². The number of nitrogens with zero attached hydrogens (tertiary/aromatic N) is 6. The Balaban J connectivity index is 1.24. The van der Waals surface area contributed by atoms with Gasteiger partial charge in [0, 0.05) is 106 Å². The number of hydrogen-bond acceptors (Lipinski definition) is 6. The molecule has 0 saturated heterocycles. The summed E-state index contributed by atoms with van der Waals surface area (Å²) in [7, 11) is 0. The zero-order valence-electron chi connectivity index (χ0n) is 32.9. The van der Waals surface area contributed by atoms with Crippen LogP contribution in [0.25, 0.3) is 154 Å². The number of benzene rings is 4. The highest BCUT2D eigenvalue weighted by molar-refractivity contribution is 6.25. The highest BCUT2D eigenvalue weighted by Crippen LogP contribution is 2.41. The largest absolute Gasteiger partial charge is 0.358 e. The number of aromatic amines is 6. The Morgan fingerprint density at radius 3 is 0.952 bits per heavy atom. The maximum absolute atomic E-state index is 5.66. The van der Waals surface area contributed by atoms with Crippen LogP contribution in [0.1, 0.15) is 11.4 Å². The lowest BCUT2D eigenvalue weighted by Crippen LogP contribution is -2.01. The summed E-state index contributed by atoms with van der Waals surface area (Å²) in [6.45, 7) is 0. The van der Waals surface area contributed by atoms with Gasteiger partial charge in [-0.05, 0) is 121 Å². The molecule has 24 bridgehead atoms. The molecule has 12 nitrogen and oxygen atoms in total. The minimum Gasteiger partial charge on any atom is -0.358 e. The normalized spacial score (nSPS) is 13.0. The molecular weight excluding hydrogens is 781 g/mol. The molecule has 0 amide bonds. The number of rotatable bonds is 0. The van der Waals surface area contributed by atoms with Crippen LogP contribution in [0.2, 0.25) is 0 Å². The van der Waals surface area contributed by atoms with Gasteiger partial charge in [-0.25, -0.2) is 29.9 Å². The van der Waals surface area contributed by atoms with Crippen LogP contribution in [0, 0.1) is 0 Å². The fourth-order valence-electron chi connectivity index (χ4n) is 10.3. The molecule has 12 heterocycles. The van der Waals surface area contributed by atoms with Gasteiger partial charge in [0.1, 0.15) is 33.1 Å². The number of aromatic nitrogens is 12. The molecule has 1 aliphatic heterocycles. The van der Waals surface area contributed by atoms with Gasteiger partial charge in [-0.1, -0.05) is 0 Å². The third kappa shape index (κ3) is 4.27. The molecule has 11 aromatic heterocycles. The molecule has 1 aliphatic rings. The minimum absolute atomic E-state index is 0.599. The summed E-state index contributed by atoms with van der Waals surface area (Å²) in [6, 6.07) is 42.5. The summed E-state index contributed by atoms with van der Waals surface area (Å²) in [4.78, 5) is 56.2. The molecule has 292 valence electrons. The zero-order chi connectivity index (χ0) is 40.7. The van der Waals surface area contributed by atoms with E-state index in [1.165, 1.54) is 0 Å². The van der Waals surface area contributed by atoms with Crippen LogP contribution < -0.4 is 0 Å². The van der Waals surface area contributed by atoms with Crippen LogP contribution in [0.4, 0.5) is 0 Å². The van der Waals surface area contributed by atoms with E-state index in [1.807, 2.05) is 0 Å². The first kappa shape index (κ1) is 31.9. The van der Waals surface area contributed by atoms with Gasteiger partial charge in [0.15, 0.2) is 0 Å². The Morgan fingerprint density at radius 2 is 0.587 bits per heavy atom. The fraction of sp³-hybridized carbons (Fsp3) is 0.0196. The van der Waals surface area contributed by atoms with Crippen molar-refractivity contribution in [1.29, 1.82) is 0 Å². The molecule has 0 spiro atoms. The Morgan fingerprint density at radius 1 is 0.270 bits per heavy atom. The number of nitrogens with one attached hydrogen (secondary N) is 6. The second kappa shape index (κ2) is 11.1. The molecule has 16 rings (SSSR count). The van der Waals surface area contributed by atoms with Gasteiger partial charge in [-0.3, -0.25) is 0 Å². The summed E-state index contributed by atoms with van der Waals surface area (Å²) >= 11 is 0. The van der Waals surface area contributed by atoms with Crippen LogP contribution >= 0.6 is 0 Å². The molecule has 12 heteroatoms. The molecule has 15 aromatic rings. The van der Waals surface area contributed by atoms with E-state index in [0.717, 1.165) is 133 Å². The minimum atomic E-state index is 0.599. The van der Waals surface area contributed by atoms with Crippen LogP contribution in [-0.4, -0.2) is 59.8 Å². The van der Waals surface area contributed by atoms with Crippen molar-refractivity contribution in [2.75, 3.05) is 0 Å². The second-order valence-corrected chi connectivity index (χ2v) is 16.9. The average Bonchev–Trinajstić information content (AvgIpc) is 4.17. The van der Waals surface area contributed by atoms with Crippen LogP contribution in [0.15, 0.2) is 121 Å². The molecule has 0 aliphatic carbocycles. The quantitative estimate of drug-likeness (QED) is 0.0657. The van der Waals surface area contributed by atoms with E-state index in [4.69, 9.17) is 29.9 Å². The number of H-pyrrole nitrogens is 6. The molecule has 6 N–H and O–H groups in total. The molecular formula is C51H28N12. The van der Waals surface area contributed by atoms with E-state index in [0.29, 0.717) is 39.5 Å². The molecule has 0 saturated carbocycles. The molecule has 0 fully saturated rings. The first-order chi connectivity index (χ1) is 31.1. The van der Waals surface area contributed by atoms with Crippen molar-refractivity contribution in [2.24, 2.45) is 0 Å². The van der Waals surface area contributed by atoms with Crippen LogP contribution in [0.5, 0.6) is 0 Å². The Labute approximate surface area is 352 Å². The van der Waals surface area contributed by atoms with Crippen LogP contribution in [-0.2, 0) is 6.42 Å². The first-order valence-corrected chi connectivity index (χ1v) is 21.0. The van der Waals surface area contributed by atoms with Gasteiger partial charge < -0.3 is 29.9 Å². The highest BCUT2D eigenvalue weighted by atomic mass is 14.9. The van der Waals surface area contributed by atoms with E-state index in [9.17, 15) is 0 Å². The predicted octanol–water partition coefficient (Wildman–Crippen LogP) is 11.7. The van der Waals surface area contributed by atoms with Crippen molar-refractivity contribution in [3.05, 3.63) is 133 Å². The SMILES string of the molecule is c1cc2[nH]c1Cc1ccc([nH]1)-c1ccc3c4ccc(cc5ccc([nH]5)c5ccc6c7ccc(cc8ccc([nH]8)c8ccc-2c2nc9c%10nc1c3nc%10c1nc5c6nc1c9nc28)[nH]7)[nH]4. The highest BCUT2D eigenvalue weighted by Gasteiger charge is 2.24. The van der Waals surface area contributed by atoms with Gasteiger partial charge in [0.25, 0.3) is 0 Å². The maximum atomic E-state index is 5.66. The monoisotopic (exact) mass is 808 g/mol. The third-order valence-corrected chi connectivity index (χ3v) is 13.2. The second-order valence-electron chi connectivity index (χ2n) is 16.9. The van der Waals surface area contributed by atoms with Crippen molar-refractivity contribution < 1.29 is 0 Å². The fourth-order valence-corrected chi connectivity index (χ4v) is 10.3. The van der Waals surface area contributed by atoms with E-state index in [-0.39, 0.29) is 0 Å². The van der Waals surface area contributed by atoms with Gasteiger partial charge in [0.05, 0.1) is 33.1 Å². The van der Waals surface area contributed by atoms with Gasteiger partial charge in [-0.2, -0.15) is 0 Å². The molecule has 63 heavy (non-hydrogen) atoms. The summed E-state index contributed by atoms with van der Waals surface area (Å²) in [6.07, 6.45) is 0.687. The summed E-state index contributed by atoms with van der Waals surface area (Å²) in [5.74, 6) is 0. The van der Waals surface area contributed by atoms with E-state index in [1.54, 1.807) is 0 Å². The Bertz CT molecular complexity index is 4320. The molecule has 4 aromatic carbocycles. The van der Waals surface area contributed by atoms with E-state index in [2.05, 4.69) is 151 Å². The molecule has 0 unspecified atom stereocenters. The Kier molecular flexibility index (Phi) is 5.61. The maximum Gasteiger partial charge on any atom is 0.120 e. The summed E-state index contributed by atoms with van der Waals surface area (Å²) in [5, 5.41) is 3.67. The lowest BCUT2D eigenvalue weighted by atomic mass is 10.0. The summed E-state index contributed by atoms with van der Waals surface area (Å²) in [5.41, 5.74) is 21.5. The zero-order valence-corrected chi connectivity index (χ0v) is 32.9. The van der Waals surface area contributed by atoms with Crippen molar-refractivity contribution in [1.82, 2.24) is 59.8 Å². The van der Waals surface area contributed by atoms with E-state index < -0.39 is 0 Å². The average molecular weight is 809 g/mol. The topological polar surface area (TPSA) is 172 Å². The van der Waals surface area contributed by atoms with Crippen molar-refractivity contribution >= 4 is 132 Å². The lowest BCUT2D eigenvalue weighted by molar-refractivity contribution is 1.06. The van der Waals surface area contributed by atoms with Gasteiger partial charge >= 0.3 is 0 Å². The third-order valence-electron chi connectivity index (χ3n) is 13.2. The van der Waals surface area contributed by atoms with E-state index >= 15 is 0 Å². The van der Waals surface area contributed by atoms with Gasteiger partial charge in [-0.15, -0.1) is 0 Å². The standard InChI is InChI=1S/C51H28N12/c1-13-34-28-7-8-29-36-15-3-24(54-36)20-25-5-17-38(56-25)32-11-12-33-39-18-6-27(57-39)21-26-4-16-37(55-26)31-10-9-30(35-14-2-23(53-35)19-22(1)52-34)42-43(31)61-50-48(60-42)46-47(59-41(29)40(28)58-46)49-51(50)63-45(33)44(32)62-49/h1-20,52-57H,21H2. The van der Waals surface area contributed by atoms with Crippen molar-refractivity contribution in [2.45, 2.75) is 6.42 Å². The van der Waals surface area contributed by atoms with Crippen molar-refractivity contribution in [3.63, 3.8) is 0 Å². The predicted molar refractivity (Wildman–Crippen MR) is 252 cm³/mol. The molecule has 0 atom stereocenters. The molecule has 0 radical (unpaired) electrons.